The fourth-order valence-electron chi connectivity index (χ4n) is 1.44. The van der Waals surface area contributed by atoms with E-state index in [1.807, 2.05) is 0 Å². The van der Waals surface area contributed by atoms with Crippen molar-refractivity contribution in [3.63, 3.8) is 0 Å². The van der Waals surface area contributed by atoms with Crippen LogP contribution in [0.1, 0.15) is 6.42 Å². The molecule has 0 radical (unpaired) electrons. The van der Waals surface area contributed by atoms with E-state index in [1.165, 1.54) is 0 Å². The minimum absolute atomic E-state index is 0.0268. The van der Waals surface area contributed by atoms with E-state index in [-0.39, 0.29) is 18.9 Å². The molecule has 7 heteroatoms. The minimum atomic E-state index is -4.40. The third-order valence-corrected chi connectivity index (χ3v) is 2.12. The van der Waals surface area contributed by atoms with E-state index in [0.29, 0.717) is 4.90 Å². The van der Waals surface area contributed by atoms with Crippen molar-refractivity contribution in [3.8, 4) is 0 Å². The quantitative estimate of drug-likeness (QED) is 0.725. The number of halogens is 3. The molecule has 86 valence electrons. The molecule has 0 spiro atoms. The summed E-state index contributed by atoms with van der Waals surface area (Å²) in [6.07, 6.45) is -4.43. The van der Waals surface area contributed by atoms with Gasteiger partial charge in [-0.1, -0.05) is 0 Å². The number of carbonyl (C=O) groups is 2. The molecule has 0 aromatic carbocycles. The maximum Gasteiger partial charge on any atom is 0.406 e. The van der Waals surface area contributed by atoms with Crippen LogP contribution in [0.2, 0.25) is 0 Å². The Bertz CT molecular complexity index is 278. The predicted molar refractivity (Wildman–Crippen MR) is 44.8 cm³/mol. The van der Waals surface area contributed by atoms with Gasteiger partial charge in [0.05, 0.1) is 5.92 Å². The van der Waals surface area contributed by atoms with E-state index in [9.17, 15) is 22.8 Å². The van der Waals surface area contributed by atoms with Crippen LogP contribution in [-0.2, 0) is 9.59 Å². The molecule has 1 fully saturated rings. The van der Waals surface area contributed by atoms with Gasteiger partial charge in [-0.25, -0.2) is 0 Å². The standard InChI is InChI=1S/C8H11F3N2O2/c1-13(4-8(9,10)11)7(15)5-2-6(14)12-3-5/h5H,2-4H2,1H3,(H,12,14). The fourth-order valence-corrected chi connectivity index (χ4v) is 1.44. The maximum atomic E-state index is 12.0. The topological polar surface area (TPSA) is 49.4 Å². The van der Waals surface area contributed by atoms with Crippen molar-refractivity contribution >= 4 is 11.8 Å². The van der Waals surface area contributed by atoms with Gasteiger partial charge in [0.15, 0.2) is 0 Å². The van der Waals surface area contributed by atoms with E-state index in [4.69, 9.17) is 0 Å². The highest BCUT2D eigenvalue weighted by molar-refractivity contribution is 5.89. The van der Waals surface area contributed by atoms with Crippen molar-refractivity contribution in [2.75, 3.05) is 20.1 Å². The first-order valence-electron chi connectivity index (χ1n) is 4.38. The first-order valence-corrected chi connectivity index (χ1v) is 4.38. The Morgan fingerprint density at radius 2 is 2.20 bits per heavy atom. The number of hydrogen-bond acceptors (Lipinski definition) is 2. The van der Waals surface area contributed by atoms with Crippen molar-refractivity contribution in [1.29, 1.82) is 0 Å². The Labute approximate surface area is 84.4 Å². The van der Waals surface area contributed by atoms with Crippen LogP contribution in [0, 0.1) is 5.92 Å². The number of nitrogens with zero attached hydrogens (tertiary/aromatic N) is 1. The SMILES string of the molecule is CN(CC(F)(F)F)C(=O)C1CNC(=O)C1. The Hall–Kier alpha value is -1.27. The summed E-state index contributed by atoms with van der Waals surface area (Å²) >= 11 is 0. The monoisotopic (exact) mass is 224 g/mol. The van der Waals surface area contributed by atoms with Gasteiger partial charge in [-0.3, -0.25) is 9.59 Å². The first kappa shape index (κ1) is 11.8. The third kappa shape index (κ3) is 3.41. The highest BCUT2D eigenvalue weighted by Gasteiger charge is 2.35. The number of alkyl halides is 3. The molecular formula is C8H11F3N2O2. The van der Waals surface area contributed by atoms with Crippen molar-refractivity contribution < 1.29 is 22.8 Å². The summed E-state index contributed by atoms with van der Waals surface area (Å²) in [6, 6.07) is 0. The van der Waals surface area contributed by atoms with Crippen molar-refractivity contribution in [2.24, 2.45) is 5.92 Å². The Balaban J connectivity index is 2.50. The summed E-state index contributed by atoms with van der Waals surface area (Å²) in [5, 5.41) is 2.40. The average Bonchev–Trinajstić information content (AvgIpc) is 2.47. The molecule has 0 saturated carbocycles. The predicted octanol–water partition coefficient (Wildman–Crippen LogP) is 0.143. The van der Waals surface area contributed by atoms with Crippen molar-refractivity contribution in [2.45, 2.75) is 12.6 Å². The van der Waals surface area contributed by atoms with Gasteiger partial charge >= 0.3 is 6.18 Å². The molecule has 15 heavy (non-hydrogen) atoms. The van der Waals surface area contributed by atoms with Gasteiger partial charge in [0.1, 0.15) is 6.54 Å². The van der Waals surface area contributed by atoms with Gasteiger partial charge in [-0.15, -0.1) is 0 Å². The summed E-state index contributed by atoms with van der Waals surface area (Å²) < 4.78 is 35.9. The van der Waals surface area contributed by atoms with E-state index in [1.54, 1.807) is 0 Å². The van der Waals surface area contributed by atoms with E-state index in [0.717, 1.165) is 7.05 Å². The molecule has 0 aromatic rings. The Kier molecular flexibility index (Phi) is 3.21. The van der Waals surface area contributed by atoms with Crippen LogP contribution in [0.3, 0.4) is 0 Å². The van der Waals surface area contributed by atoms with E-state index in [2.05, 4.69) is 5.32 Å². The molecule has 1 aliphatic rings. The largest absolute Gasteiger partial charge is 0.406 e. The summed E-state index contributed by atoms with van der Waals surface area (Å²) in [6.45, 7) is -1.16. The van der Waals surface area contributed by atoms with Crippen molar-refractivity contribution in [3.05, 3.63) is 0 Å². The van der Waals surface area contributed by atoms with Gasteiger partial charge in [-0.05, 0) is 0 Å². The van der Waals surface area contributed by atoms with E-state index >= 15 is 0 Å². The first-order chi connectivity index (χ1) is 6.79. The van der Waals surface area contributed by atoms with Gasteiger partial charge < -0.3 is 10.2 Å². The zero-order valence-corrected chi connectivity index (χ0v) is 8.10. The number of hydrogen-bond donors (Lipinski definition) is 1. The van der Waals surface area contributed by atoms with Gasteiger partial charge in [0, 0.05) is 20.0 Å². The molecule has 1 atom stereocenters. The summed E-state index contributed by atoms with van der Waals surface area (Å²) in [4.78, 5) is 22.8. The molecule has 1 unspecified atom stereocenters. The smallest absolute Gasteiger partial charge is 0.355 e. The highest BCUT2D eigenvalue weighted by Crippen LogP contribution is 2.18. The lowest BCUT2D eigenvalue weighted by atomic mass is 10.1. The lowest BCUT2D eigenvalue weighted by Crippen LogP contribution is -2.40. The second kappa shape index (κ2) is 4.08. The van der Waals surface area contributed by atoms with Gasteiger partial charge in [0.2, 0.25) is 11.8 Å². The molecule has 2 amide bonds. The molecule has 0 bridgehead atoms. The van der Waals surface area contributed by atoms with Crippen LogP contribution in [0.15, 0.2) is 0 Å². The van der Waals surface area contributed by atoms with Crippen LogP contribution in [0.25, 0.3) is 0 Å². The lowest BCUT2D eigenvalue weighted by molar-refractivity contribution is -0.160. The molecule has 0 aliphatic carbocycles. The fraction of sp³-hybridized carbons (Fsp3) is 0.750. The molecule has 1 heterocycles. The van der Waals surface area contributed by atoms with Crippen molar-refractivity contribution in [1.82, 2.24) is 10.2 Å². The molecular weight excluding hydrogens is 213 g/mol. The zero-order valence-electron chi connectivity index (χ0n) is 8.10. The maximum absolute atomic E-state index is 12.0. The highest BCUT2D eigenvalue weighted by atomic mass is 19.4. The second-order valence-corrected chi connectivity index (χ2v) is 3.51. The van der Waals surface area contributed by atoms with Crippen LogP contribution in [0.4, 0.5) is 13.2 Å². The molecule has 1 saturated heterocycles. The second-order valence-electron chi connectivity index (χ2n) is 3.51. The van der Waals surface area contributed by atoms with Gasteiger partial charge in [-0.2, -0.15) is 13.2 Å². The minimum Gasteiger partial charge on any atom is -0.355 e. The van der Waals surface area contributed by atoms with Crippen LogP contribution in [0.5, 0.6) is 0 Å². The normalized spacial score (nSPS) is 21.3. The summed E-state index contributed by atoms with van der Waals surface area (Å²) in [5.74, 6) is -1.61. The number of carbonyl (C=O) groups excluding carboxylic acids is 2. The van der Waals surface area contributed by atoms with E-state index < -0.39 is 24.5 Å². The molecule has 1 N–H and O–H groups in total. The third-order valence-electron chi connectivity index (χ3n) is 2.12. The summed E-state index contributed by atoms with van der Waals surface area (Å²) in [7, 11) is 1.08. The Morgan fingerprint density at radius 1 is 1.60 bits per heavy atom. The lowest BCUT2D eigenvalue weighted by Gasteiger charge is -2.21. The molecule has 1 aliphatic heterocycles. The molecule has 0 aromatic heterocycles. The number of amides is 2. The van der Waals surface area contributed by atoms with Crippen LogP contribution in [-0.4, -0.2) is 43.0 Å². The summed E-state index contributed by atoms with van der Waals surface area (Å²) in [5.41, 5.74) is 0. The molecule has 1 rings (SSSR count). The number of nitrogens with one attached hydrogen (secondary N) is 1. The zero-order chi connectivity index (χ0) is 11.6. The van der Waals surface area contributed by atoms with Gasteiger partial charge in [0.25, 0.3) is 0 Å². The molecule has 4 nitrogen and oxygen atoms in total. The van der Waals surface area contributed by atoms with Crippen LogP contribution >= 0.6 is 0 Å². The van der Waals surface area contributed by atoms with Crippen LogP contribution < -0.4 is 5.32 Å². The number of rotatable bonds is 2. The average molecular weight is 224 g/mol. The Morgan fingerprint density at radius 3 is 2.60 bits per heavy atom.